The first-order chi connectivity index (χ1) is 7.36. The molecule has 1 rings (SSSR count). The summed E-state index contributed by atoms with van der Waals surface area (Å²) < 4.78 is 5.68. The summed E-state index contributed by atoms with van der Waals surface area (Å²) in [6.45, 7) is 4.11. The zero-order chi connectivity index (χ0) is 10.9. The molecule has 0 radical (unpaired) electrons. The van der Waals surface area contributed by atoms with Crippen molar-refractivity contribution in [2.24, 2.45) is 0 Å². The van der Waals surface area contributed by atoms with E-state index >= 15 is 0 Å². The third-order valence-electron chi connectivity index (χ3n) is 2.89. The predicted molar refractivity (Wildman–Crippen MR) is 63.7 cm³/mol. The molecule has 0 saturated carbocycles. The van der Waals surface area contributed by atoms with Crippen LogP contribution in [0.3, 0.4) is 0 Å². The molecule has 1 aliphatic rings. The average Bonchev–Trinajstić information content (AvgIpc) is 2.31. The van der Waals surface area contributed by atoms with Gasteiger partial charge in [-0.3, -0.25) is 0 Å². The lowest BCUT2D eigenvalue weighted by molar-refractivity contribution is 0.00939. The van der Waals surface area contributed by atoms with E-state index in [9.17, 15) is 0 Å². The highest BCUT2D eigenvalue weighted by Gasteiger charge is 2.15. The van der Waals surface area contributed by atoms with Crippen molar-refractivity contribution in [3.8, 4) is 12.3 Å². The van der Waals surface area contributed by atoms with E-state index in [-0.39, 0.29) is 6.04 Å². The topological polar surface area (TPSA) is 21.3 Å². The van der Waals surface area contributed by atoms with Crippen molar-refractivity contribution < 1.29 is 4.74 Å². The van der Waals surface area contributed by atoms with Crippen LogP contribution in [0.5, 0.6) is 0 Å². The molecular formula is C13H23NO. The summed E-state index contributed by atoms with van der Waals surface area (Å²) in [6, 6.07) is 0.232. The van der Waals surface area contributed by atoms with Crippen LogP contribution in [0.2, 0.25) is 0 Å². The van der Waals surface area contributed by atoms with Crippen molar-refractivity contribution in [2.45, 2.75) is 57.6 Å². The van der Waals surface area contributed by atoms with Gasteiger partial charge in [-0.1, -0.05) is 12.8 Å². The third kappa shape index (κ3) is 5.20. The minimum absolute atomic E-state index is 0.232. The normalized spacial score (nSPS) is 23.3. The van der Waals surface area contributed by atoms with Crippen LogP contribution in [0.15, 0.2) is 0 Å². The van der Waals surface area contributed by atoms with Crippen molar-refractivity contribution in [2.75, 3.05) is 13.2 Å². The number of hydrogen-bond acceptors (Lipinski definition) is 2. The fourth-order valence-corrected chi connectivity index (χ4v) is 1.95. The van der Waals surface area contributed by atoms with Gasteiger partial charge in [0, 0.05) is 6.61 Å². The SMILES string of the molecule is C#CC(CCC1CCCCO1)NCCC. The largest absolute Gasteiger partial charge is 0.378 e. The maximum Gasteiger partial charge on any atom is 0.0687 e. The third-order valence-corrected chi connectivity index (χ3v) is 2.89. The summed E-state index contributed by atoms with van der Waals surface area (Å²) in [5.41, 5.74) is 0. The van der Waals surface area contributed by atoms with E-state index in [0.717, 1.165) is 32.4 Å². The van der Waals surface area contributed by atoms with Gasteiger partial charge in [0.1, 0.15) is 0 Å². The molecule has 0 aliphatic carbocycles. The molecule has 0 aromatic carbocycles. The van der Waals surface area contributed by atoms with Gasteiger partial charge in [-0.25, -0.2) is 0 Å². The summed E-state index contributed by atoms with van der Waals surface area (Å²) in [4.78, 5) is 0. The Morgan fingerprint density at radius 2 is 2.40 bits per heavy atom. The quantitative estimate of drug-likeness (QED) is 0.678. The first kappa shape index (κ1) is 12.5. The van der Waals surface area contributed by atoms with Gasteiger partial charge in [0.15, 0.2) is 0 Å². The van der Waals surface area contributed by atoms with E-state index in [0.29, 0.717) is 6.10 Å². The molecule has 1 saturated heterocycles. The van der Waals surface area contributed by atoms with Crippen molar-refractivity contribution in [3.05, 3.63) is 0 Å². The van der Waals surface area contributed by atoms with Gasteiger partial charge >= 0.3 is 0 Å². The summed E-state index contributed by atoms with van der Waals surface area (Å²) >= 11 is 0. The van der Waals surface area contributed by atoms with Crippen LogP contribution in [0.4, 0.5) is 0 Å². The molecule has 0 aromatic rings. The van der Waals surface area contributed by atoms with Gasteiger partial charge in [0.25, 0.3) is 0 Å². The first-order valence-corrected chi connectivity index (χ1v) is 6.18. The Kier molecular flexibility index (Phi) is 6.47. The van der Waals surface area contributed by atoms with E-state index in [4.69, 9.17) is 11.2 Å². The number of nitrogens with one attached hydrogen (secondary N) is 1. The van der Waals surface area contributed by atoms with Crippen LogP contribution in [0, 0.1) is 12.3 Å². The van der Waals surface area contributed by atoms with Crippen LogP contribution >= 0.6 is 0 Å². The molecule has 15 heavy (non-hydrogen) atoms. The van der Waals surface area contributed by atoms with Crippen molar-refractivity contribution in [1.82, 2.24) is 5.32 Å². The molecule has 0 bridgehead atoms. The molecule has 2 nitrogen and oxygen atoms in total. The summed E-state index contributed by atoms with van der Waals surface area (Å²) in [7, 11) is 0. The molecule has 2 heteroatoms. The molecule has 1 N–H and O–H groups in total. The second-order valence-corrected chi connectivity index (χ2v) is 4.24. The van der Waals surface area contributed by atoms with Crippen LogP contribution in [0.25, 0.3) is 0 Å². The van der Waals surface area contributed by atoms with Crippen LogP contribution < -0.4 is 5.32 Å². The zero-order valence-electron chi connectivity index (χ0n) is 9.80. The highest BCUT2D eigenvalue weighted by molar-refractivity contribution is 4.98. The predicted octanol–water partition coefficient (Wildman–Crippen LogP) is 2.34. The molecule has 0 spiro atoms. The van der Waals surface area contributed by atoms with Crippen LogP contribution in [0.1, 0.15) is 45.4 Å². The van der Waals surface area contributed by atoms with Crippen LogP contribution in [-0.4, -0.2) is 25.3 Å². The molecule has 1 aliphatic heterocycles. The van der Waals surface area contributed by atoms with Crippen molar-refractivity contribution >= 4 is 0 Å². The molecule has 1 fully saturated rings. The first-order valence-electron chi connectivity index (χ1n) is 6.18. The van der Waals surface area contributed by atoms with E-state index in [1.807, 2.05) is 0 Å². The molecule has 0 amide bonds. The Morgan fingerprint density at radius 1 is 1.53 bits per heavy atom. The van der Waals surface area contributed by atoms with E-state index in [2.05, 4.69) is 18.2 Å². The Morgan fingerprint density at radius 3 is 3.00 bits per heavy atom. The number of hydrogen-bond donors (Lipinski definition) is 1. The van der Waals surface area contributed by atoms with E-state index in [1.165, 1.54) is 19.3 Å². The van der Waals surface area contributed by atoms with Gasteiger partial charge < -0.3 is 10.1 Å². The maximum atomic E-state index is 5.68. The van der Waals surface area contributed by atoms with Gasteiger partial charge in [-0.15, -0.1) is 6.42 Å². The zero-order valence-corrected chi connectivity index (χ0v) is 9.80. The Hall–Kier alpha value is -0.520. The van der Waals surface area contributed by atoms with Gasteiger partial charge in [-0.05, 0) is 45.1 Å². The molecule has 2 unspecified atom stereocenters. The van der Waals surface area contributed by atoms with Gasteiger partial charge in [-0.2, -0.15) is 0 Å². The van der Waals surface area contributed by atoms with E-state index < -0.39 is 0 Å². The maximum absolute atomic E-state index is 5.68. The summed E-state index contributed by atoms with van der Waals surface area (Å²) in [5.74, 6) is 2.81. The Labute approximate surface area is 93.8 Å². The highest BCUT2D eigenvalue weighted by Crippen LogP contribution is 2.17. The van der Waals surface area contributed by atoms with Gasteiger partial charge in [0.05, 0.1) is 12.1 Å². The standard InChI is InChI=1S/C13H23NO/c1-3-10-14-12(4-2)8-9-13-7-5-6-11-15-13/h2,12-14H,3,5-11H2,1H3. The van der Waals surface area contributed by atoms with Gasteiger partial charge in [0.2, 0.25) is 0 Å². The summed E-state index contributed by atoms with van der Waals surface area (Å²) in [6.07, 6.45) is 13.0. The highest BCUT2D eigenvalue weighted by atomic mass is 16.5. The fourth-order valence-electron chi connectivity index (χ4n) is 1.95. The Bertz CT molecular complexity index is 191. The lowest BCUT2D eigenvalue weighted by atomic mass is 10.0. The number of ether oxygens (including phenoxy) is 1. The smallest absolute Gasteiger partial charge is 0.0687 e. The lowest BCUT2D eigenvalue weighted by Gasteiger charge is -2.23. The molecule has 1 heterocycles. The molecular weight excluding hydrogens is 186 g/mol. The minimum Gasteiger partial charge on any atom is -0.378 e. The molecule has 2 atom stereocenters. The fraction of sp³-hybridized carbons (Fsp3) is 0.846. The van der Waals surface area contributed by atoms with Crippen LogP contribution in [-0.2, 0) is 4.74 Å². The number of terminal acetylenes is 1. The second-order valence-electron chi connectivity index (χ2n) is 4.24. The Balaban J connectivity index is 2.12. The second kappa shape index (κ2) is 7.73. The molecule has 0 aromatic heterocycles. The van der Waals surface area contributed by atoms with E-state index in [1.54, 1.807) is 0 Å². The molecule has 86 valence electrons. The monoisotopic (exact) mass is 209 g/mol. The minimum atomic E-state index is 0.232. The average molecular weight is 209 g/mol. The number of rotatable bonds is 6. The van der Waals surface area contributed by atoms with Crippen molar-refractivity contribution in [1.29, 1.82) is 0 Å². The summed E-state index contributed by atoms with van der Waals surface area (Å²) in [5, 5.41) is 3.37. The lowest BCUT2D eigenvalue weighted by Crippen LogP contribution is -2.30. The van der Waals surface area contributed by atoms with Crippen molar-refractivity contribution in [3.63, 3.8) is 0 Å².